The van der Waals surface area contributed by atoms with Gasteiger partial charge in [-0.15, -0.1) is 0 Å². The molecule has 1 aliphatic heterocycles. The number of carbonyl (C=O) groups is 1. The Morgan fingerprint density at radius 2 is 2.40 bits per heavy atom. The second kappa shape index (κ2) is 5.71. The molecule has 0 fully saturated rings. The topological polar surface area (TPSA) is 38.3 Å². The van der Waals surface area contributed by atoms with Crippen molar-refractivity contribution in [3.8, 4) is 0 Å². The average molecular weight is 209 g/mol. The van der Waals surface area contributed by atoms with Crippen molar-refractivity contribution < 1.29 is 9.53 Å². The third-order valence-electron chi connectivity index (χ3n) is 2.56. The number of ketones is 1. The minimum absolute atomic E-state index is 0.0689. The molecular formula is C12H19NO2. The van der Waals surface area contributed by atoms with E-state index in [2.05, 4.69) is 5.32 Å². The summed E-state index contributed by atoms with van der Waals surface area (Å²) in [7, 11) is 1.67. The van der Waals surface area contributed by atoms with Crippen molar-refractivity contribution in [3.63, 3.8) is 0 Å². The van der Waals surface area contributed by atoms with E-state index >= 15 is 0 Å². The van der Waals surface area contributed by atoms with Gasteiger partial charge < -0.3 is 10.1 Å². The zero-order valence-electron chi connectivity index (χ0n) is 9.62. The average Bonchev–Trinajstić information content (AvgIpc) is 2.28. The quantitative estimate of drug-likeness (QED) is 0.750. The summed E-state index contributed by atoms with van der Waals surface area (Å²) in [6.07, 6.45) is 7.31. The van der Waals surface area contributed by atoms with Gasteiger partial charge in [-0.2, -0.15) is 0 Å². The Balaban J connectivity index is 2.60. The van der Waals surface area contributed by atoms with Gasteiger partial charge in [0.2, 0.25) is 0 Å². The number of allylic oxidation sites excluding steroid dienone is 3. The molecule has 0 aromatic rings. The fraction of sp³-hybridized carbons (Fsp3) is 0.583. The van der Waals surface area contributed by atoms with Gasteiger partial charge in [-0.05, 0) is 19.4 Å². The molecule has 1 rings (SSSR count). The van der Waals surface area contributed by atoms with E-state index in [1.165, 1.54) is 0 Å². The van der Waals surface area contributed by atoms with Crippen LogP contribution >= 0.6 is 0 Å². The second-order valence-electron chi connectivity index (χ2n) is 3.75. The SMILES string of the molecule is CCCC(=O)C1=CC=CC(C(C)OC)N1. The molecule has 0 saturated heterocycles. The molecule has 3 nitrogen and oxygen atoms in total. The summed E-state index contributed by atoms with van der Waals surface area (Å²) in [6, 6.07) is 0.0933. The van der Waals surface area contributed by atoms with E-state index in [0.29, 0.717) is 12.1 Å². The van der Waals surface area contributed by atoms with Gasteiger partial charge in [0.05, 0.1) is 17.8 Å². The van der Waals surface area contributed by atoms with Crippen molar-refractivity contribution in [1.29, 1.82) is 0 Å². The largest absolute Gasteiger partial charge is 0.379 e. The van der Waals surface area contributed by atoms with Crippen LogP contribution in [0.5, 0.6) is 0 Å². The van der Waals surface area contributed by atoms with Crippen LogP contribution in [0.2, 0.25) is 0 Å². The van der Waals surface area contributed by atoms with Crippen molar-refractivity contribution in [1.82, 2.24) is 5.32 Å². The fourth-order valence-corrected chi connectivity index (χ4v) is 1.50. The van der Waals surface area contributed by atoms with Crippen LogP contribution < -0.4 is 5.32 Å². The van der Waals surface area contributed by atoms with Crippen LogP contribution in [0.3, 0.4) is 0 Å². The molecule has 1 N–H and O–H groups in total. The van der Waals surface area contributed by atoms with E-state index in [1.807, 2.05) is 32.1 Å². The lowest BCUT2D eigenvalue weighted by Gasteiger charge is -2.25. The van der Waals surface area contributed by atoms with Crippen molar-refractivity contribution >= 4 is 5.78 Å². The van der Waals surface area contributed by atoms with Gasteiger partial charge in [-0.3, -0.25) is 4.79 Å². The molecule has 1 heterocycles. The predicted molar refractivity (Wildman–Crippen MR) is 60.5 cm³/mol. The van der Waals surface area contributed by atoms with Crippen LogP contribution in [0.1, 0.15) is 26.7 Å². The van der Waals surface area contributed by atoms with Crippen molar-refractivity contribution in [2.45, 2.75) is 38.8 Å². The number of hydrogen-bond donors (Lipinski definition) is 1. The Labute approximate surface area is 91.2 Å². The number of dihydropyridines is 1. The van der Waals surface area contributed by atoms with Crippen LogP contribution in [0.4, 0.5) is 0 Å². The Morgan fingerprint density at radius 3 is 3.00 bits per heavy atom. The highest BCUT2D eigenvalue weighted by molar-refractivity contribution is 5.95. The lowest BCUT2D eigenvalue weighted by molar-refractivity contribution is -0.116. The van der Waals surface area contributed by atoms with Crippen molar-refractivity contribution in [3.05, 3.63) is 23.9 Å². The van der Waals surface area contributed by atoms with E-state index in [4.69, 9.17) is 4.74 Å². The molecule has 0 aromatic heterocycles. The van der Waals surface area contributed by atoms with Gasteiger partial charge in [-0.25, -0.2) is 0 Å². The van der Waals surface area contributed by atoms with Crippen LogP contribution in [-0.4, -0.2) is 25.0 Å². The number of methoxy groups -OCH3 is 1. The molecule has 0 saturated carbocycles. The standard InChI is InChI=1S/C12H19NO2/c1-4-6-12(14)11-8-5-7-10(13-11)9(2)15-3/h5,7-10,13H,4,6H2,1-3H3. The summed E-state index contributed by atoms with van der Waals surface area (Å²) >= 11 is 0. The van der Waals surface area contributed by atoms with Crippen LogP contribution in [0.15, 0.2) is 23.9 Å². The molecule has 3 heteroatoms. The predicted octanol–water partition coefficient (Wildman–Crippen LogP) is 1.80. The maximum atomic E-state index is 11.6. The lowest BCUT2D eigenvalue weighted by Crippen LogP contribution is -2.40. The molecule has 0 bridgehead atoms. The first-order valence-electron chi connectivity index (χ1n) is 5.40. The van der Waals surface area contributed by atoms with Crippen LogP contribution in [0.25, 0.3) is 0 Å². The summed E-state index contributed by atoms with van der Waals surface area (Å²) < 4.78 is 5.23. The molecular weight excluding hydrogens is 190 g/mol. The van der Waals surface area contributed by atoms with E-state index in [-0.39, 0.29) is 17.9 Å². The molecule has 15 heavy (non-hydrogen) atoms. The van der Waals surface area contributed by atoms with Gasteiger partial charge in [0.1, 0.15) is 0 Å². The van der Waals surface area contributed by atoms with E-state index in [0.717, 1.165) is 6.42 Å². The molecule has 1 aliphatic rings. The monoisotopic (exact) mass is 209 g/mol. The molecule has 0 aromatic carbocycles. The summed E-state index contributed by atoms with van der Waals surface area (Å²) in [5, 5.41) is 3.19. The van der Waals surface area contributed by atoms with Gasteiger partial charge in [-0.1, -0.05) is 19.1 Å². The normalized spacial score (nSPS) is 21.8. The molecule has 2 unspecified atom stereocenters. The fourth-order valence-electron chi connectivity index (χ4n) is 1.50. The van der Waals surface area contributed by atoms with Gasteiger partial charge in [0.25, 0.3) is 0 Å². The molecule has 0 aliphatic carbocycles. The first-order valence-corrected chi connectivity index (χ1v) is 5.40. The Hall–Kier alpha value is -1.09. The first kappa shape index (κ1) is 12.0. The highest BCUT2D eigenvalue weighted by atomic mass is 16.5. The van der Waals surface area contributed by atoms with Crippen molar-refractivity contribution in [2.24, 2.45) is 0 Å². The molecule has 0 amide bonds. The second-order valence-corrected chi connectivity index (χ2v) is 3.75. The van der Waals surface area contributed by atoms with Crippen LogP contribution in [-0.2, 0) is 9.53 Å². The van der Waals surface area contributed by atoms with Crippen molar-refractivity contribution in [2.75, 3.05) is 7.11 Å². The van der Waals surface area contributed by atoms with Gasteiger partial charge in [0, 0.05) is 13.5 Å². The Kier molecular flexibility index (Phi) is 4.56. The third-order valence-corrected chi connectivity index (χ3v) is 2.56. The Bertz CT molecular complexity index is 281. The number of nitrogens with one attached hydrogen (secondary N) is 1. The number of rotatable bonds is 5. The molecule has 84 valence electrons. The van der Waals surface area contributed by atoms with Gasteiger partial charge >= 0.3 is 0 Å². The van der Waals surface area contributed by atoms with E-state index in [1.54, 1.807) is 7.11 Å². The maximum absolute atomic E-state index is 11.6. The zero-order chi connectivity index (χ0) is 11.3. The van der Waals surface area contributed by atoms with E-state index in [9.17, 15) is 4.79 Å². The van der Waals surface area contributed by atoms with Gasteiger partial charge in [0.15, 0.2) is 5.78 Å². The summed E-state index contributed by atoms with van der Waals surface area (Å²) in [4.78, 5) is 11.6. The van der Waals surface area contributed by atoms with Crippen LogP contribution in [0, 0.1) is 0 Å². The lowest BCUT2D eigenvalue weighted by atomic mass is 10.1. The maximum Gasteiger partial charge on any atom is 0.178 e. The number of ether oxygens (including phenoxy) is 1. The van der Waals surface area contributed by atoms with E-state index < -0.39 is 0 Å². The number of hydrogen-bond acceptors (Lipinski definition) is 3. The minimum atomic E-state index is 0.0689. The smallest absolute Gasteiger partial charge is 0.178 e. The highest BCUT2D eigenvalue weighted by Crippen LogP contribution is 2.10. The molecule has 0 radical (unpaired) electrons. The molecule has 2 atom stereocenters. The first-order chi connectivity index (χ1) is 7.19. The zero-order valence-corrected chi connectivity index (χ0v) is 9.62. The Morgan fingerprint density at radius 1 is 1.67 bits per heavy atom. The highest BCUT2D eigenvalue weighted by Gasteiger charge is 2.19. The summed E-state index contributed by atoms with van der Waals surface area (Å²) in [5.41, 5.74) is 0.702. The number of Topliss-reactive ketones (excluding diaryl/α,β-unsaturated/α-hetero) is 1. The molecule has 0 spiro atoms. The minimum Gasteiger partial charge on any atom is -0.379 e. The summed E-state index contributed by atoms with van der Waals surface area (Å²) in [5.74, 6) is 0.176. The summed E-state index contributed by atoms with van der Waals surface area (Å²) in [6.45, 7) is 3.99. The third kappa shape index (κ3) is 3.20. The number of carbonyl (C=O) groups excluding carboxylic acids is 1.